The number of carbonyl (C=O) groups is 2. The number of phenolic OH excluding ortho intramolecular Hbond substituents is 1. The van der Waals surface area contributed by atoms with Gasteiger partial charge in [0.1, 0.15) is 17.2 Å². The molecule has 2 amide bonds. The Morgan fingerprint density at radius 2 is 2.15 bits per heavy atom. The zero-order valence-electron chi connectivity index (χ0n) is 10.7. The van der Waals surface area contributed by atoms with Crippen molar-refractivity contribution in [2.24, 2.45) is 0 Å². The number of nitrogens with one attached hydrogen (secondary N) is 2. The maximum Gasteiger partial charge on any atom is 0.249 e. The number of thioether (sulfide) groups is 1. The molecule has 0 radical (unpaired) electrons. The van der Waals surface area contributed by atoms with Gasteiger partial charge in [0.15, 0.2) is 0 Å². The van der Waals surface area contributed by atoms with Crippen molar-refractivity contribution in [3.63, 3.8) is 0 Å². The molecule has 0 saturated carbocycles. The van der Waals surface area contributed by atoms with E-state index in [2.05, 4.69) is 10.6 Å². The summed E-state index contributed by atoms with van der Waals surface area (Å²) in [7, 11) is 0. The van der Waals surface area contributed by atoms with Crippen molar-refractivity contribution in [1.29, 1.82) is 0 Å². The monoisotopic (exact) mass is 293 g/mol. The van der Waals surface area contributed by atoms with Gasteiger partial charge >= 0.3 is 0 Å². The van der Waals surface area contributed by atoms with Crippen LogP contribution in [0.3, 0.4) is 0 Å². The van der Waals surface area contributed by atoms with Gasteiger partial charge in [-0.25, -0.2) is 0 Å². The molecule has 0 aliphatic carbocycles. The van der Waals surface area contributed by atoms with E-state index in [0.29, 0.717) is 0 Å². The first-order valence-electron chi connectivity index (χ1n) is 6.39. The van der Waals surface area contributed by atoms with E-state index >= 15 is 0 Å². The van der Waals surface area contributed by atoms with Crippen LogP contribution < -0.4 is 10.6 Å². The topological polar surface area (TPSA) is 81.7 Å². The van der Waals surface area contributed by atoms with Gasteiger partial charge in [0.2, 0.25) is 11.8 Å². The molecule has 1 aromatic rings. The van der Waals surface area contributed by atoms with Gasteiger partial charge in [-0.2, -0.15) is 0 Å². The Labute approximate surface area is 120 Å². The molecular formula is C13H15N3O3S. The van der Waals surface area contributed by atoms with Crippen LogP contribution >= 0.6 is 11.8 Å². The van der Waals surface area contributed by atoms with Crippen LogP contribution in [-0.2, 0) is 9.59 Å². The minimum atomic E-state index is -0.378. The van der Waals surface area contributed by atoms with Gasteiger partial charge in [0, 0.05) is 18.0 Å². The quantitative estimate of drug-likeness (QED) is 0.546. The van der Waals surface area contributed by atoms with Crippen LogP contribution in [0, 0.1) is 0 Å². The molecule has 7 heteroatoms. The number of hydrogen-bond acceptors (Lipinski definition) is 5. The molecule has 3 rings (SSSR count). The number of aromatic hydroxyl groups is 1. The molecule has 1 unspecified atom stereocenters. The number of carbonyl (C=O) groups excluding carboxylic acids is 2. The molecule has 106 valence electrons. The maximum atomic E-state index is 11.8. The summed E-state index contributed by atoms with van der Waals surface area (Å²) in [5, 5.41) is 15.0. The lowest BCUT2D eigenvalue weighted by atomic mass is 10.1. The summed E-state index contributed by atoms with van der Waals surface area (Å²) in [5.74, 6) is 0.925. The molecule has 3 N–H and O–H groups in total. The lowest BCUT2D eigenvalue weighted by Crippen LogP contribution is -2.67. The SMILES string of the molecule is O=C(CNc1ccc(O)cc1)NC1C(=O)N2CCS[C@@H]12. The first kappa shape index (κ1) is 13.1. The number of hydrogen-bond donors (Lipinski definition) is 3. The summed E-state index contributed by atoms with van der Waals surface area (Å²) in [6.45, 7) is 0.887. The third-order valence-electron chi connectivity index (χ3n) is 3.40. The van der Waals surface area contributed by atoms with Crippen LogP contribution in [0.1, 0.15) is 0 Å². The first-order valence-corrected chi connectivity index (χ1v) is 7.44. The molecule has 2 saturated heterocycles. The molecule has 2 aliphatic heterocycles. The summed E-state index contributed by atoms with van der Waals surface area (Å²) < 4.78 is 0. The lowest BCUT2D eigenvalue weighted by molar-refractivity contribution is -0.147. The second-order valence-electron chi connectivity index (χ2n) is 4.74. The fourth-order valence-electron chi connectivity index (χ4n) is 2.34. The van der Waals surface area contributed by atoms with Gasteiger partial charge in [-0.3, -0.25) is 9.59 Å². The number of fused-ring (bicyclic) bond motifs is 1. The fraction of sp³-hybridized carbons (Fsp3) is 0.385. The number of phenols is 1. The molecule has 2 atom stereocenters. The van der Waals surface area contributed by atoms with E-state index in [1.54, 1.807) is 40.9 Å². The lowest BCUT2D eigenvalue weighted by Gasteiger charge is -2.41. The molecule has 20 heavy (non-hydrogen) atoms. The van der Waals surface area contributed by atoms with Gasteiger partial charge in [-0.1, -0.05) is 0 Å². The normalized spacial score (nSPS) is 24.0. The first-order chi connectivity index (χ1) is 9.65. The van der Waals surface area contributed by atoms with Gasteiger partial charge < -0.3 is 20.6 Å². The highest BCUT2D eigenvalue weighted by Crippen LogP contribution is 2.35. The standard InChI is InChI=1S/C13H15N3O3S/c17-9-3-1-8(2-4-9)14-7-10(18)15-11-12(19)16-5-6-20-13(11)16/h1-4,11,13-14,17H,5-7H2,(H,15,18)/t11?,13-/m0/s1. The third kappa shape index (κ3) is 2.40. The number of amides is 2. The highest BCUT2D eigenvalue weighted by Gasteiger charge is 2.50. The zero-order chi connectivity index (χ0) is 14.1. The van der Waals surface area contributed by atoms with Crippen molar-refractivity contribution in [3.05, 3.63) is 24.3 Å². The summed E-state index contributed by atoms with van der Waals surface area (Å²) >= 11 is 1.70. The van der Waals surface area contributed by atoms with E-state index in [9.17, 15) is 9.59 Å². The van der Waals surface area contributed by atoms with E-state index in [-0.39, 0.29) is 35.5 Å². The van der Waals surface area contributed by atoms with Crippen molar-refractivity contribution in [2.75, 3.05) is 24.2 Å². The summed E-state index contributed by atoms with van der Waals surface area (Å²) in [6.07, 6.45) is 0. The van der Waals surface area contributed by atoms with E-state index in [1.165, 1.54) is 0 Å². The smallest absolute Gasteiger partial charge is 0.249 e. The minimum Gasteiger partial charge on any atom is -0.508 e. The maximum absolute atomic E-state index is 11.8. The average molecular weight is 293 g/mol. The van der Waals surface area contributed by atoms with Crippen molar-refractivity contribution < 1.29 is 14.7 Å². The molecule has 0 aromatic heterocycles. The van der Waals surface area contributed by atoms with Crippen LogP contribution in [0.15, 0.2) is 24.3 Å². The predicted octanol–water partition coefficient (Wildman–Crippen LogP) is 0.204. The average Bonchev–Trinajstić information content (AvgIpc) is 2.89. The highest BCUT2D eigenvalue weighted by atomic mass is 32.2. The fourth-order valence-corrected chi connectivity index (χ4v) is 3.65. The molecule has 2 heterocycles. The van der Waals surface area contributed by atoms with Crippen molar-refractivity contribution in [1.82, 2.24) is 10.2 Å². The van der Waals surface area contributed by atoms with Crippen molar-refractivity contribution in [2.45, 2.75) is 11.4 Å². The summed E-state index contributed by atoms with van der Waals surface area (Å²) in [5.41, 5.74) is 0.745. The van der Waals surface area contributed by atoms with Gasteiger partial charge in [-0.05, 0) is 24.3 Å². The van der Waals surface area contributed by atoms with Gasteiger partial charge in [0.05, 0.1) is 6.54 Å². The van der Waals surface area contributed by atoms with E-state index in [1.807, 2.05) is 0 Å². The molecule has 2 fully saturated rings. The zero-order valence-corrected chi connectivity index (χ0v) is 11.5. The van der Waals surface area contributed by atoms with Crippen LogP contribution in [0.5, 0.6) is 5.75 Å². The Hall–Kier alpha value is -1.89. The van der Waals surface area contributed by atoms with Crippen LogP contribution in [0.2, 0.25) is 0 Å². The van der Waals surface area contributed by atoms with E-state index in [0.717, 1.165) is 18.0 Å². The molecule has 0 bridgehead atoms. The molecule has 6 nitrogen and oxygen atoms in total. The van der Waals surface area contributed by atoms with Crippen molar-refractivity contribution >= 4 is 29.3 Å². The summed E-state index contributed by atoms with van der Waals surface area (Å²) in [4.78, 5) is 25.4. The highest BCUT2D eigenvalue weighted by molar-refractivity contribution is 8.00. The Balaban J connectivity index is 1.48. The predicted molar refractivity (Wildman–Crippen MR) is 76.5 cm³/mol. The van der Waals surface area contributed by atoms with Crippen LogP contribution in [0.4, 0.5) is 5.69 Å². The second-order valence-corrected chi connectivity index (χ2v) is 5.96. The second kappa shape index (κ2) is 5.24. The number of β-lactam (4-membered cyclic amide) rings is 1. The van der Waals surface area contributed by atoms with Crippen LogP contribution in [0.25, 0.3) is 0 Å². The van der Waals surface area contributed by atoms with E-state index < -0.39 is 0 Å². The molecular weight excluding hydrogens is 278 g/mol. The summed E-state index contributed by atoms with van der Waals surface area (Å²) in [6, 6.07) is 6.08. The Kier molecular flexibility index (Phi) is 3.43. The Bertz CT molecular complexity index is 534. The minimum absolute atomic E-state index is 0.0120. The van der Waals surface area contributed by atoms with Crippen molar-refractivity contribution in [3.8, 4) is 5.75 Å². The van der Waals surface area contributed by atoms with Gasteiger partial charge in [-0.15, -0.1) is 11.8 Å². The number of anilines is 1. The molecule has 1 aromatic carbocycles. The van der Waals surface area contributed by atoms with Gasteiger partial charge in [0.25, 0.3) is 0 Å². The Morgan fingerprint density at radius 1 is 1.40 bits per heavy atom. The number of rotatable bonds is 4. The molecule has 2 aliphatic rings. The Morgan fingerprint density at radius 3 is 2.90 bits per heavy atom. The van der Waals surface area contributed by atoms with Crippen LogP contribution in [-0.4, -0.2) is 52.1 Å². The third-order valence-corrected chi connectivity index (χ3v) is 4.69. The van der Waals surface area contributed by atoms with E-state index in [4.69, 9.17) is 5.11 Å². The molecule has 0 spiro atoms. The number of nitrogens with zero attached hydrogens (tertiary/aromatic N) is 1. The largest absolute Gasteiger partial charge is 0.508 e. The number of benzene rings is 1.